The van der Waals surface area contributed by atoms with Crippen LogP contribution in [-0.2, 0) is 10.8 Å². The Balaban J connectivity index is 0.910. The number of hydrogen-bond acceptors (Lipinski definition) is 4. The maximum absolute atomic E-state index is 10.5. The minimum absolute atomic E-state index is 0.0763. The third-order valence-electron chi connectivity index (χ3n) is 24.4. The first kappa shape index (κ1) is 67.2. The monoisotopic (exact) mass is 1480 g/mol. The first-order valence-corrected chi connectivity index (χ1v) is 40.4. The average molecular weight is 1480 g/mol. The molecule has 1 atom stereocenters. The SMILES string of the molecule is Cc1cc(-c2cccc3c2sc2ccccc23)c(-c2cc3c4c(c2)N(c2ccccc2-c2ccccc2)c2cc(-n5c6ccc(C(C)(C)C)cc6c6cc(C(C)(C)C)ccc65)ccc2C4c2ccc(-n4c5ccccc5c5cc(C#N)ccc54)cc2N3c2ccc(-c3ccccc3)cc2)c(-n2c3ccccc3c3ccccc32)c1. The highest BCUT2D eigenvalue weighted by molar-refractivity contribution is 7.26. The van der Waals surface area contributed by atoms with Crippen molar-refractivity contribution < 1.29 is 0 Å². The van der Waals surface area contributed by atoms with Crippen molar-refractivity contribution in [2.75, 3.05) is 9.80 Å². The van der Waals surface area contributed by atoms with E-state index in [2.05, 4.69) is 412 Å². The Morgan fingerprint density at radius 2 is 0.781 bits per heavy atom. The summed E-state index contributed by atoms with van der Waals surface area (Å²) in [7, 11) is 0. The van der Waals surface area contributed by atoms with Gasteiger partial charge in [-0.2, -0.15) is 5.26 Å². The predicted molar refractivity (Wildman–Crippen MR) is 481 cm³/mol. The van der Waals surface area contributed by atoms with Crippen LogP contribution < -0.4 is 9.80 Å². The van der Waals surface area contributed by atoms with Gasteiger partial charge < -0.3 is 23.5 Å². The largest absolute Gasteiger partial charge is 0.310 e. The number of fused-ring (bicyclic) bond motifs is 16. The van der Waals surface area contributed by atoms with Gasteiger partial charge in [-0.1, -0.05) is 254 Å². The van der Waals surface area contributed by atoms with Crippen molar-refractivity contribution >= 4 is 131 Å². The second-order valence-electron chi connectivity index (χ2n) is 33.2. The van der Waals surface area contributed by atoms with E-state index in [0.29, 0.717) is 5.56 Å². The number of para-hydroxylation sites is 4. The number of rotatable bonds is 9. The van der Waals surface area contributed by atoms with E-state index in [1.807, 2.05) is 17.4 Å². The quantitative estimate of drug-likeness (QED) is 0.145. The number of hydrogen-bond donors (Lipinski definition) is 0. The first-order chi connectivity index (χ1) is 55.7. The van der Waals surface area contributed by atoms with Crippen molar-refractivity contribution in [1.82, 2.24) is 13.7 Å². The summed E-state index contributed by atoms with van der Waals surface area (Å²) >= 11 is 1.89. The molecule has 2 aliphatic rings. The molecular formula is C107H78N6S. The van der Waals surface area contributed by atoms with E-state index in [0.717, 1.165) is 140 Å². The van der Waals surface area contributed by atoms with Crippen molar-refractivity contribution in [3.8, 4) is 67.6 Å². The topological polar surface area (TPSA) is 45.1 Å². The van der Waals surface area contributed by atoms with Crippen molar-refractivity contribution in [2.45, 2.75) is 65.2 Å². The van der Waals surface area contributed by atoms with Crippen LogP contribution in [0, 0.1) is 18.3 Å². The molecule has 0 spiro atoms. The zero-order valence-electron chi connectivity index (χ0n) is 64.5. The van der Waals surface area contributed by atoms with Crippen LogP contribution >= 0.6 is 11.3 Å². The zero-order chi connectivity index (χ0) is 76.6. The molecule has 1 unspecified atom stereocenters. The van der Waals surface area contributed by atoms with Crippen LogP contribution in [0.4, 0.5) is 34.1 Å². The number of aryl methyl sites for hydroxylation is 1. The Morgan fingerprint density at radius 1 is 0.307 bits per heavy atom. The van der Waals surface area contributed by atoms with Crippen LogP contribution in [-0.4, -0.2) is 13.7 Å². The molecule has 0 saturated heterocycles. The number of benzene rings is 16. The smallest absolute Gasteiger partial charge is 0.0991 e. The molecule has 0 N–H and O–H groups in total. The molecule has 0 aliphatic carbocycles. The van der Waals surface area contributed by atoms with Crippen LogP contribution in [0.3, 0.4) is 0 Å². The molecule has 0 saturated carbocycles. The van der Waals surface area contributed by atoms with Gasteiger partial charge in [-0.3, -0.25) is 0 Å². The maximum Gasteiger partial charge on any atom is 0.0991 e. The van der Waals surface area contributed by atoms with Crippen LogP contribution in [0.2, 0.25) is 0 Å². The molecule has 0 fully saturated rings. The number of nitriles is 1. The summed E-state index contributed by atoms with van der Waals surface area (Å²) in [5.41, 5.74) is 33.2. The molecule has 20 aromatic rings. The Bertz CT molecular complexity index is 7350. The van der Waals surface area contributed by atoms with E-state index in [1.165, 1.54) is 75.1 Å². The van der Waals surface area contributed by atoms with E-state index in [4.69, 9.17) is 0 Å². The van der Waals surface area contributed by atoms with Gasteiger partial charge in [0.25, 0.3) is 0 Å². The Hall–Kier alpha value is -13.8. The van der Waals surface area contributed by atoms with Crippen LogP contribution in [0.25, 0.3) is 147 Å². The number of nitrogens with zero attached hydrogens (tertiary/aromatic N) is 6. The summed E-state index contributed by atoms with van der Waals surface area (Å²) in [6.07, 6.45) is 0. The van der Waals surface area contributed by atoms with Crippen molar-refractivity contribution in [2.24, 2.45) is 0 Å². The highest BCUT2D eigenvalue weighted by atomic mass is 32.1. The minimum Gasteiger partial charge on any atom is -0.310 e. The van der Waals surface area contributed by atoms with E-state index in [-0.39, 0.29) is 16.7 Å². The summed E-state index contributed by atoms with van der Waals surface area (Å²) in [4.78, 5) is 5.26. The molecule has 0 bridgehead atoms. The second kappa shape index (κ2) is 25.4. The standard InChI is InChI=1S/C107H78N6S/c1-65-55-88(82-35-24-34-81-80-33-18-23-40-101(80)114-105(81)82)102(98(56-65)112-91-38-21-15-30-77(91)78-31-16-22-39-92(78)112)70-58-99-104-100(59-70)113(89-36-19-14-29-76(89)69-27-12-9-13-28-69)97-63-75(111-94-53-44-71(106(2,3)4)60-86(94)87-61-72(107(5,6)7)45-54-95(87)111)49-51-84(97)103(104)83-50-48-74(110-90-37-20-17-32-79(90)85-57-66(64-108)41-52-93(85)110)62-96(83)109(99)73-46-42-68(43-47-73)67-25-10-8-11-26-67/h8-63,103H,1-7H3. The molecule has 2 aliphatic heterocycles. The fourth-order valence-corrected chi connectivity index (χ4v) is 20.3. The average Bonchev–Trinajstić information content (AvgIpc) is 0.821. The first-order valence-electron chi connectivity index (χ1n) is 39.6. The van der Waals surface area contributed by atoms with E-state index in [1.54, 1.807) is 0 Å². The summed E-state index contributed by atoms with van der Waals surface area (Å²) in [6.45, 7) is 16.2. The van der Waals surface area contributed by atoms with E-state index in [9.17, 15) is 5.26 Å². The normalized spacial score (nSPS) is 13.4. The van der Waals surface area contributed by atoms with E-state index < -0.39 is 0 Å². The third-order valence-corrected chi connectivity index (χ3v) is 25.6. The maximum atomic E-state index is 10.5. The molecule has 22 rings (SSSR count). The molecule has 7 heteroatoms. The van der Waals surface area contributed by atoms with Gasteiger partial charge in [0.15, 0.2) is 0 Å². The van der Waals surface area contributed by atoms with Crippen molar-refractivity contribution in [1.29, 1.82) is 5.26 Å². The molecule has 6 nitrogen and oxygen atoms in total. The molecule has 0 amide bonds. The summed E-state index contributed by atoms with van der Waals surface area (Å²) < 4.78 is 10.0. The Kier molecular flexibility index (Phi) is 15.0. The fraction of sp³-hybridized carbons (Fsp3) is 0.0935. The summed E-state index contributed by atoms with van der Waals surface area (Å²) in [5, 5.41) is 20.0. The highest BCUT2D eigenvalue weighted by Crippen LogP contribution is 2.64. The molecule has 16 aromatic carbocycles. The van der Waals surface area contributed by atoms with Crippen LogP contribution in [0.1, 0.15) is 86.4 Å². The predicted octanol–water partition coefficient (Wildman–Crippen LogP) is 29.5. The van der Waals surface area contributed by atoms with Gasteiger partial charge in [-0.25, -0.2) is 0 Å². The number of anilines is 6. The zero-order valence-corrected chi connectivity index (χ0v) is 65.3. The van der Waals surface area contributed by atoms with Crippen LogP contribution in [0.15, 0.2) is 340 Å². The molecule has 0 radical (unpaired) electrons. The van der Waals surface area contributed by atoms with Crippen molar-refractivity contribution in [3.05, 3.63) is 379 Å². The Morgan fingerprint density at radius 3 is 1.39 bits per heavy atom. The van der Waals surface area contributed by atoms with Gasteiger partial charge in [0.2, 0.25) is 0 Å². The molecule has 542 valence electrons. The van der Waals surface area contributed by atoms with Crippen molar-refractivity contribution in [3.63, 3.8) is 0 Å². The second-order valence-corrected chi connectivity index (χ2v) is 34.2. The lowest BCUT2D eigenvalue weighted by molar-refractivity contribution is 0.590. The lowest BCUT2D eigenvalue weighted by Gasteiger charge is -2.46. The lowest BCUT2D eigenvalue weighted by atomic mass is 9.74. The number of thiophene rings is 1. The van der Waals surface area contributed by atoms with Gasteiger partial charge >= 0.3 is 0 Å². The fourth-order valence-electron chi connectivity index (χ4n) is 19.0. The summed E-state index contributed by atoms with van der Waals surface area (Å²) in [6, 6.07) is 131. The Labute approximate surface area is 666 Å². The molecule has 4 aromatic heterocycles. The summed E-state index contributed by atoms with van der Waals surface area (Å²) in [5.74, 6) is -0.295. The molecular weight excluding hydrogens is 1400 g/mol. The van der Waals surface area contributed by atoms with E-state index >= 15 is 0 Å². The third kappa shape index (κ3) is 10.3. The number of aromatic nitrogens is 3. The van der Waals surface area contributed by atoms with Gasteiger partial charge in [0.1, 0.15) is 0 Å². The molecule has 6 heterocycles. The van der Waals surface area contributed by atoms with Gasteiger partial charge in [0, 0.05) is 97.7 Å². The van der Waals surface area contributed by atoms with Gasteiger partial charge in [0.05, 0.1) is 78.9 Å². The van der Waals surface area contributed by atoms with Gasteiger partial charge in [-0.15, -0.1) is 11.3 Å². The van der Waals surface area contributed by atoms with Crippen LogP contribution in [0.5, 0.6) is 0 Å². The minimum atomic E-state index is -0.295. The molecule has 114 heavy (non-hydrogen) atoms. The van der Waals surface area contributed by atoms with Gasteiger partial charge in [-0.05, 0) is 201 Å². The highest BCUT2D eigenvalue weighted by Gasteiger charge is 2.43. The lowest BCUT2D eigenvalue weighted by Crippen LogP contribution is -2.30.